The van der Waals surface area contributed by atoms with E-state index in [4.69, 9.17) is 0 Å². The summed E-state index contributed by atoms with van der Waals surface area (Å²) in [6, 6.07) is 5.18. The molecule has 1 saturated carbocycles. The predicted octanol–water partition coefficient (Wildman–Crippen LogP) is 3.56. The molecule has 1 amide bonds. The second kappa shape index (κ2) is 9.45. The van der Waals surface area contributed by atoms with Gasteiger partial charge < -0.3 is 15.5 Å². The number of carbonyl (C=O) groups excluding carboxylic acids is 1. The van der Waals surface area contributed by atoms with E-state index in [0.29, 0.717) is 18.1 Å². The Labute approximate surface area is 186 Å². The number of benzene rings is 1. The second-order valence-electron chi connectivity index (χ2n) is 10.2. The Bertz CT molecular complexity index is 767. The van der Waals surface area contributed by atoms with E-state index in [0.717, 1.165) is 49.3 Å². The van der Waals surface area contributed by atoms with Crippen molar-refractivity contribution in [2.75, 3.05) is 32.0 Å². The molecule has 5 nitrogen and oxygen atoms in total. The minimum Gasteiger partial charge on any atom is -0.380 e. The lowest BCUT2D eigenvalue weighted by Gasteiger charge is -2.36. The van der Waals surface area contributed by atoms with Crippen LogP contribution in [0.15, 0.2) is 12.1 Å². The number of likely N-dealkylation sites (tertiary alicyclic amines) is 1. The Morgan fingerprint density at radius 3 is 2.87 bits per heavy atom. The molecular weight excluding hydrogens is 391 g/mol. The van der Waals surface area contributed by atoms with Gasteiger partial charge in [-0.3, -0.25) is 9.69 Å². The van der Waals surface area contributed by atoms with Gasteiger partial charge in [0.1, 0.15) is 5.82 Å². The molecule has 0 spiro atoms. The second-order valence-corrected chi connectivity index (χ2v) is 10.2. The summed E-state index contributed by atoms with van der Waals surface area (Å²) in [7, 11) is 1.97. The Hall–Kier alpha value is -1.66. The minimum atomic E-state index is -0.0853. The highest BCUT2D eigenvalue weighted by Crippen LogP contribution is 2.32. The topological polar surface area (TPSA) is 47.6 Å². The van der Waals surface area contributed by atoms with Crippen LogP contribution in [0.2, 0.25) is 0 Å². The molecule has 2 unspecified atom stereocenters. The fourth-order valence-electron chi connectivity index (χ4n) is 5.76. The molecule has 0 bridgehead atoms. The summed E-state index contributed by atoms with van der Waals surface area (Å²) in [5.74, 6) is 0.236. The van der Waals surface area contributed by atoms with Gasteiger partial charge in [-0.1, -0.05) is 26.3 Å². The molecule has 0 radical (unpaired) electrons. The SMILES string of the molecule is Cc1ccc(F)c2c1NC(CN[C@@H]1CCC[C@H](N3CCC(N(C)C(=O)C(C)C)C3)C1)C2. The highest BCUT2D eigenvalue weighted by molar-refractivity contribution is 5.78. The zero-order valence-corrected chi connectivity index (χ0v) is 19.6. The standard InChI is InChI=1S/C25H39FN4O/c1-16(2)25(31)29(4)21-10-11-30(15-21)20-7-5-6-18(12-20)27-14-19-13-22-23(26)9-8-17(3)24(22)28-19/h8-9,16,18-21,27-28H,5-7,10-15H2,1-4H3/t18-,19?,20+,21?/m1/s1. The van der Waals surface area contributed by atoms with E-state index in [9.17, 15) is 9.18 Å². The van der Waals surface area contributed by atoms with Crippen LogP contribution >= 0.6 is 0 Å². The maximum absolute atomic E-state index is 14.2. The number of aryl methyl sites for hydroxylation is 1. The van der Waals surface area contributed by atoms with E-state index >= 15 is 0 Å². The average molecular weight is 431 g/mol. The molecule has 2 N–H and O–H groups in total. The van der Waals surface area contributed by atoms with E-state index in [1.807, 2.05) is 38.8 Å². The molecule has 172 valence electrons. The average Bonchev–Trinajstić information content (AvgIpc) is 3.42. The molecule has 3 aliphatic rings. The number of carbonyl (C=O) groups is 1. The first-order chi connectivity index (χ1) is 14.8. The Morgan fingerprint density at radius 1 is 1.32 bits per heavy atom. The van der Waals surface area contributed by atoms with Crippen molar-refractivity contribution in [2.24, 2.45) is 5.92 Å². The van der Waals surface area contributed by atoms with Crippen LogP contribution < -0.4 is 10.6 Å². The summed E-state index contributed by atoms with van der Waals surface area (Å²) >= 11 is 0. The van der Waals surface area contributed by atoms with Crippen molar-refractivity contribution in [3.05, 3.63) is 29.1 Å². The van der Waals surface area contributed by atoms with Crippen molar-refractivity contribution in [3.8, 4) is 0 Å². The van der Waals surface area contributed by atoms with E-state index < -0.39 is 0 Å². The molecule has 2 aliphatic heterocycles. The van der Waals surface area contributed by atoms with E-state index in [1.54, 1.807) is 6.07 Å². The molecule has 1 saturated heterocycles. The molecule has 31 heavy (non-hydrogen) atoms. The van der Waals surface area contributed by atoms with Gasteiger partial charge in [-0.2, -0.15) is 0 Å². The van der Waals surface area contributed by atoms with Gasteiger partial charge in [0.15, 0.2) is 0 Å². The van der Waals surface area contributed by atoms with Crippen molar-refractivity contribution < 1.29 is 9.18 Å². The summed E-state index contributed by atoms with van der Waals surface area (Å²) in [6.45, 7) is 8.98. The largest absolute Gasteiger partial charge is 0.380 e. The molecule has 2 heterocycles. The number of nitrogens with zero attached hydrogens (tertiary/aromatic N) is 2. The smallest absolute Gasteiger partial charge is 0.225 e. The highest BCUT2D eigenvalue weighted by atomic mass is 19.1. The third kappa shape index (κ3) is 4.90. The lowest BCUT2D eigenvalue weighted by atomic mass is 9.90. The number of nitrogens with one attached hydrogen (secondary N) is 2. The first-order valence-electron chi connectivity index (χ1n) is 12.1. The quantitative estimate of drug-likeness (QED) is 0.725. The van der Waals surface area contributed by atoms with Crippen LogP contribution in [-0.4, -0.2) is 66.6 Å². The molecule has 1 aromatic carbocycles. The fraction of sp³-hybridized carbons (Fsp3) is 0.720. The van der Waals surface area contributed by atoms with Crippen molar-refractivity contribution in [3.63, 3.8) is 0 Å². The minimum absolute atomic E-state index is 0.0647. The van der Waals surface area contributed by atoms with E-state index in [-0.39, 0.29) is 23.7 Å². The summed E-state index contributed by atoms with van der Waals surface area (Å²) < 4.78 is 14.2. The molecule has 1 aliphatic carbocycles. The van der Waals surface area contributed by atoms with E-state index in [1.165, 1.54) is 25.7 Å². The van der Waals surface area contributed by atoms with Gasteiger partial charge in [0, 0.05) is 68.0 Å². The number of hydrogen-bond donors (Lipinski definition) is 2. The molecule has 1 aromatic rings. The zero-order valence-electron chi connectivity index (χ0n) is 19.6. The summed E-state index contributed by atoms with van der Waals surface area (Å²) in [5, 5.41) is 7.32. The summed E-state index contributed by atoms with van der Waals surface area (Å²) in [4.78, 5) is 17.0. The number of hydrogen-bond acceptors (Lipinski definition) is 4. The van der Waals surface area contributed by atoms with Crippen molar-refractivity contribution in [1.82, 2.24) is 15.1 Å². The number of fused-ring (bicyclic) bond motifs is 1. The Kier molecular flexibility index (Phi) is 6.87. The van der Waals surface area contributed by atoms with Gasteiger partial charge in [0.25, 0.3) is 0 Å². The van der Waals surface area contributed by atoms with Crippen LogP contribution in [0.25, 0.3) is 0 Å². The molecule has 6 heteroatoms. The van der Waals surface area contributed by atoms with Crippen molar-refractivity contribution in [2.45, 2.75) is 83.5 Å². The summed E-state index contributed by atoms with van der Waals surface area (Å²) in [5.41, 5.74) is 2.97. The Balaban J connectivity index is 1.26. The fourth-order valence-corrected chi connectivity index (χ4v) is 5.76. The summed E-state index contributed by atoms with van der Waals surface area (Å²) in [6.07, 6.45) is 6.73. The number of rotatable bonds is 6. The maximum atomic E-state index is 14.2. The maximum Gasteiger partial charge on any atom is 0.225 e. The molecule has 0 aromatic heterocycles. The lowest BCUT2D eigenvalue weighted by Crippen LogP contribution is -2.47. The first-order valence-corrected chi connectivity index (χ1v) is 12.1. The first kappa shape index (κ1) is 22.5. The third-order valence-electron chi connectivity index (χ3n) is 7.66. The van der Waals surface area contributed by atoms with Crippen LogP contribution in [0.1, 0.15) is 57.1 Å². The monoisotopic (exact) mass is 430 g/mol. The van der Waals surface area contributed by atoms with Crippen molar-refractivity contribution in [1.29, 1.82) is 0 Å². The van der Waals surface area contributed by atoms with Crippen LogP contribution in [0.4, 0.5) is 10.1 Å². The number of amides is 1. The number of likely N-dealkylation sites (N-methyl/N-ethyl adjacent to an activating group) is 1. The number of anilines is 1. The molecule has 2 fully saturated rings. The molecular formula is C25H39FN4O. The van der Waals surface area contributed by atoms with Gasteiger partial charge in [0.2, 0.25) is 5.91 Å². The highest BCUT2D eigenvalue weighted by Gasteiger charge is 2.35. The lowest BCUT2D eigenvalue weighted by molar-refractivity contribution is -0.135. The van der Waals surface area contributed by atoms with Gasteiger partial charge in [-0.15, -0.1) is 0 Å². The van der Waals surface area contributed by atoms with Gasteiger partial charge in [0.05, 0.1) is 0 Å². The molecule has 4 atom stereocenters. The van der Waals surface area contributed by atoms with E-state index in [2.05, 4.69) is 15.5 Å². The van der Waals surface area contributed by atoms with Crippen LogP contribution in [0.3, 0.4) is 0 Å². The van der Waals surface area contributed by atoms with Gasteiger partial charge in [-0.05, 0) is 50.7 Å². The van der Waals surface area contributed by atoms with Crippen LogP contribution in [0, 0.1) is 18.7 Å². The van der Waals surface area contributed by atoms with Gasteiger partial charge >= 0.3 is 0 Å². The van der Waals surface area contributed by atoms with Crippen LogP contribution in [-0.2, 0) is 11.2 Å². The van der Waals surface area contributed by atoms with Crippen molar-refractivity contribution >= 4 is 11.6 Å². The molecule has 4 rings (SSSR count). The Morgan fingerprint density at radius 2 is 2.13 bits per heavy atom. The van der Waals surface area contributed by atoms with Gasteiger partial charge in [-0.25, -0.2) is 4.39 Å². The van der Waals surface area contributed by atoms with Crippen LogP contribution in [0.5, 0.6) is 0 Å². The number of halogens is 1. The normalized spacial score (nSPS) is 28.6. The predicted molar refractivity (Wildman–Crippen MR) is 124 cm³/mol. The third-order valence-corrected chi connectivity index (χ3v) is 7.66. The zero-order chi connectivity index (χ0) is 22.1.